The van der Waals surface area contributed by atoms with E-state index in [4.69, 9.17) is 15.3 Å². The van der Waals surface area contributed by atoms with Crippen molar-refractivity contribution in [2.75, 3.05) is 45.9 Å². The van der Waals surface area contributed by atoms with E-state index in [0.717, 1.165) is 13.0 Å². The SMILES string of the molecule is O=C(O)[C@H](CO)NC(=O)N1CCCN(CCO)CC1. The van der Waals surface area contributed by atoms with Crippen LogP contribution in [0.25, 0.3) is 0 Å². The second-order valence-corrected chi connectivity index (χ2v) is 4.43. The molecule has 1 heterocycles. The van der Waals surface area contributed by atoms with Gasteiger partial charge in [-0.3, -0.25) is 4.90 Å². The summed E-state index contributed by atoms with van der Waals surface area (Å²) in [5.74, 6) is -1.26. The second kappa shape index (κ2) is 7.93. The van der Waals surface area contributed by atoms with Crippen LogP contribution in [0.2, 0.25) is 0 Å². The van der Waals surface area contributed by atoms with Crippen LogP contribution in [0.4, 0.5) is 4.79 Å². The number of hydrogen-bond donors (Lipinski definition) is 4. The van der Waals surface area contributed by atoms with Crippen molar-refractivity contribution >= 4 is 12.0 Å². The molecule has 19 heavy (non-hydrogen) atoms. The van der Waals surface area contributed by atoms with Gasteiger partial charge in [0, 0.05) is 26.2 Å². The zero-order valence-corrected chi connectivity index (χ0v) is 10.8. The number of carbonyl (C=O) groups is 2. The second-order valence-electron chi connectivity index (χ2n) is 4.43. The average molecular weight is 275 g/mol. The monoisotopic (exact) mass is 275 g/mol. The van der Waals surface area contributed by atoms with Crippen molar-refractivity contribution < 1.29 is 24.9 Å². The molecule has 1 aliphatic heterocycles. The quantitative estimate of drug-likeness (QED) is 0.468. The van der Waals surface area contributed by atoms with E-state index in [1.165, 1.54) is 4.90 Å². The van der Waals surface area contributed by atoms with Crippen LogP contribution in [0.1, 0.15) is 6.42 Å². The highest BCUT2D eigenvalue weighted by Crippen LogP contribution is 2.03. The minimum atomic E-state index is -1.27. The molecule has 0 aromatic rings. The first-order chi connectivity index (χ1) is 9.08. The normalized spacial score (nSPS) is 18.7. The summed E-state index contributed by atoms with van der Waals surface area (Å²) in [5.41, 5.74) is 0. The van der Waals surface area contributed by atoms with Crippen LogP contribution in [-0.4, -0.2) is 89.1 Å². The third-order valence-electron chi connectivity index (χ3n) is 3.07. The number of carboxylic acid groups (broad SMARTS) is 1. The minimum Gasteiger partial charge on any atom is -0.480 e. The highest BCUT2D eigenvalue weighted by atomic mass is 16.4. The molecule has 2 amide bonds. The Kier molecular flexibility index (Phi) is 6.54. The molecular formula is C11H21N3O5. The summed E-state index contributed by atoms with van der Waals surface area (Å²) in [4.78, 5) is 26.2. The van der Waals surface area contributed by atoms with Gasteiger partial charge in [-0.2, -0.15) is 0 Å². The van der Waals surface area contributed by atoms with Crippen molar-refractivity contribution in [1.82, 2.24) is 15.1 Å². The Morgan fingerprint density at radius 3 is 2.47 bits per heavy atom. The molecule has 0 spiro atoms. The molecule has 0 saturated carbocycles. The van der Waals surface area contributed by atoms with Crippen molar-refractivity contribution in [3.63, 3.8) is 0 Å². The number of aliphatic hydroxyl groups excluding tert-OH is 2. The molecule has 1 atom stereocenters. The lowest BCUT2D eigenvalue weighted by Crippen LogP contribution is -2.50. The van der Waals surface area contributed by atoms with Crippen LogP contribution >= 0.6 is 0 Å². The minimum absolute atomic E-state index is 0.0811. The number of aliphatic carboxylic acids is 1. The number of rotatable bonds is 5. The van der Waals surface area contributed by atoms with Gasteiger partial charge in [0.2, 0.25) is 0 Å². The average Bonchev–Trinajstić information content (AvgIpc) is 2.61. The molecular weight excluding hydrogens is 254 g/mol. The van der Waals surface area contributed by atoms with Crippen LogP contribution in [-0.2, 0) is 4.79 Å². The highest BCUT2D eigenvalue weighted by Gasteiger charge is 2.24. The van der Waals surface area contributed by atoms with Crippen molar-refractivity contribution in [1.29, 1.82) is 0 Å². The summed E-state index contributed by atoms with van der Waals surface area (Å²) in [6.07, 6.45) is 0.768. The lowest BCUT2D eigenvalue weighted by atomic mass is 10.3. The van der Waals surface area contributed by atoms with Gasteiger partial charge in [0.25, 0.3) is 0 Å². The van der Waals surface area contributed by atoms with Crippen molar-refractivity contribution in [2.24, 2.45) is 0 Å². The predicted octanol–water partition coefficient (Wildman–Crippen LogP) is -1.86. The Morgan fingerprint density at radius 2 is 1.89 bits per heavy atom. The van der Waals surface area contributed by atoms with E-state index in [-0.39, 0.29) is 6.61 Å². The highest BCUT2D eigenvalue weighted by molar-refractivity contribution is 5.82. The van der Waals surface area contributed by atoms with Crippen LogP contribution in [0.15, 0.2) is 0 Å². The van der Waals surface area contributed by atoms with E-state index < -0.39 is 24.6 Å². The van der Waals surface area contributed by atoms with Crippen molar-refractivity contribution in [3.05, 3.63) is 0 Å². The van der Waals surface area contributed by atoms with Crippen molar-refractivity contribution in [3.8, 4) is 0 Å². The molecule has 110 valence electrons. The van der Waals surface area contributed by atoms with E-state index in [0.29, 0.717) is 26.2 Å². The van der Waals surface area contributed by atoms with Gasteiger partial charge in [-0.05, 0) is 13.0 Å². The van der Waals surface area contributed by atoms with Gasteiger partial charge >= 0.3 is 12.0 Å². The maximum atomic E-state index is 11.9. The van der Waals surface area contributed by atoms with Crippen LogP contribution in [0.5, 0.6) is 0 Å². The van der Waals surface area contributed by atoms with Gasteiger partial charge < -0.3 is 25.5 Å². The predicted molar refractivity (Wildman–Crippen MR) is 66.8 cm³/mol. The number of amides is 2. The zero-order chi connectivity index (χ0) is 14.3. The summed E-state index contributed by atoms with van der Waals surface area (Å²) >= 11 is 0. The Hall–Kier alpha value is -1.38. The Balaban J connectivity index is 2.46. The van der Waals surface area contributed by atoms with Crippen LogP contribution < -0.4 is 5.32 Å². The molecule has 0 aromatic heterocycles. The van der Waals surface area contributed by atoms with Gasteiger partial charge in [0.05, 0.1) is 13.2 Å². The van der Waals surface area contributed by atoms with E-state index >= 15 is 0 Å². The van der Waals surface area contributed by atoms with Gasteiger partial charge in [0.1, 0.15) is 0 Å². The molecule has 1 fully saturated rings. The molecule has 8 nitrogen and oxygen atoms in total. The lowest BCUT2D eigenvalue weighted by Gasteiger charge is -2.23. The number of β-amino-alcohol motifs (C(OH)–C–C–N with tert-alkyl or cyclic N) is 1. The van der Waals surface area contributed by atoms with Crippen LogP contribution in [0.3, 0.4) is 0 Å². The first-order valence-corrected chi connectivity index (χ1v) is 6.30. The molecule has 1 rings (SSSR count). The lowest BCUT2D eigenvalue weighted by molar-refractivity contribution is -0.140. The largest absolute Gasteiger partial charge is 0.480 e. The molecule has 0 aromatic carbocycles. The summed E-state index contributed by atoms with van der Waals surface area (Å²) in [5, 5.41) is 28.8. The van der Waals surface area contributed by atoms with E-state index in [2.05, 4.69) is 5.32 Å². The molecule has 4 N–H and O–H groups in total. The maximum Gasteiger partial charge on any atom is 0.328 e. The molecule has 0 unspecified atom stereocenters. The molecule has 0 radical (unpaired) electrons. The number of aliphatic hydroxyl groups is 2. The first kappa shape index (κ1) is 15.7. The zero-order valence-electron chi connectivity index (χ0n) is 10.8. The summed E-state index contributed by atoms with van der Waals surface area (Å²) in [6.45, 7) is 2.47. The summed E-state index contributed by atoms with van der Waals surface area (Å²) < 4.78 is 0. The van der Waals surface area contributed by atoms with Gasteiger partial charge in [-0.1, -0.05) is 0 Å². The number of urea groups is 1. The first-order valence-electron chi connectivity index (χ1n) is 6.30. The Labute approximate surface area is 111 Å². The fourth-order valence-electron chi connectivity index (χ4n) is 1.96. The molecule has 0 aliphatic carbocycles. The molecule has 0 bridgehead atoms. The number of nitrogens with one attached hydrogen (secondary N) is 1. The number of hydrogen-bond acceptors (Lipinski definition) is 5. The topological polar surface area (TPSA) is 113 Å². The Morgan fingerprint density at radius 1 is 1.16 bits per heavy atom. The van der Waals surface area contributed by atoms with Gasteiger partial charge in [-0.15, -0.1) is 0 Å². The number of carbonyl (C=O) groups excluding carboxylic acids is 1. The van der Waals surface area contributed by atoms with Gasteiger partial charge in [0.15, 0.2) is 6.04 Å². The smallest absolute Gasteiger partial charge is 0.328 e. The molecule has 1 saturated heterocycles. The Bertz CT molecular complexity index is 313. The number of nitrogens with zero attached hydrogens (tertiary/aromatic N) is 2. The molecule has 1 aliphatic rings. The maximum absolute atomic E-state index is 11.9. The van der Waals surface area contributed by atoms with Crippen LogP contribution in [0, 0.1) is 0 Å². The molecule has 8 heteroatoms. The van der Waals surface area contributed by atoms with E-state index in [1.54, 1.807) is 0 Å². The third kappa shape index (κ3) is 5.01. The van der Waals surface area contributed by atoms with Gasteiger partial charge in [-0.25, -0.2) is 9.59 Å². The fraction of sp³-hybridized carbons (Fsp3) is 0.818. The van der Waals surface area contributed by atoms with E-state index in [1.807, 2.05) is 4.90 Å². The van der Waals surface area contributed by atoms with Crippen molar-refractivity contribution in [2.45, 2.75) is 12.5 Å². The summed E-state index contributed by atoms with van der Waals surface area (Å²) in [7, 11) is 0. The third-order valence-corrected chi connectivity index (χ3v) is 3.07. The number of carboxylic acids is 1. The fourth-order valence-corrected chi connectivity index (χ4v) is 1.96. The van der Waals surface area contributed by atoms with E-state index in [9.17, 15) is 9.59 Å². The standard InChI is InChI=1S/C11H21N3O5/c15-7-6-13-2-1-3-14(5-4-13)11(19)12-9(8-16)10(17)18/h9,15-16H,1-8H2,(H,12,19)(H,17,18)/t9-/m0/s1. The summed E-state index contributed by atoms with van der Waals surface area (Å²) in [6, 6.07) is -1.75.